The van der Waals surface area contributed by atoms with Crippen molar-refractivity contribution in [2.75, 3.05) is 13.1 Å². The number of hydrogen-bond acceptors (Lipinski definition) is 3. The molecule has 6 heteroatoms. The number of carbonyl (C=O) groups is 1. The Bertz CT molecular complexity index is 629. The summed E-state index contributed by atoms with van der Waals surface area (Å²) in [6, 6.07) is 5.05. The summed E-state index contributed by atoms with van der Waals surface area (Å²) in [6.07, 6.45) is 1.79. The van der Waals surface area contributed by atoms with Gasteiger partial charge in [-0.1, -0.05) is 19.9 Å². The molecule has 2 aliphatic heterocycles. The van der Waals surface area contributed by atoms with Crippen molar-refractivity contribution in [3.8, 4) is 0 Å². The largest absolute Gasteiger partial charge is 0.340 e. The summed E-state index contributed by atoms with van der Waals surface area (Å²) in [7, 11) is 0. The van der Waals surface area contributed by atoms with E-state index in [9.17, 15) is 9.59 Å². The molecule has 2 aliphatic rings. The first-order valence-electron chi connectivity index (χ1n) is 8.19. The lowest BCUT2D eigenvalue weighted by Gasteiger charge is -2.43. The van der Waals surface area contributed by atoms with E-state index >= 15 is 0 Å². The van der Waals surface area contributed by atoms with Crippen LogP contribution in [-0.4, -0.2) is 34.5 Å². The minimum absolute atomic E-state index is 0. The van der Waals surface area contributed by atoms with Crippen molar-refractivity contribution in [2.24, 2.45) is 17.6 Å². The second kappa shape index (κ2) is 7.05. The van der Waals surface area contributed by atoms with Crippen LogP contribution >= 0.6 is 12.4 Å². The molecule has 2 N–H and O–H groups in total. The van der Waals surface area contributed by atoms with Gasteiger partial charge in [0.2, 0.25) is 5.91 Å². The van der Waals surface area contributed by atoms with Crippen LogP contribution in [0, 0.1) is 11.8 Å². The molecule has 1 saturated heterocycles. The molecule has 128 valence electrons. The predicted octanol–water partition coefficient (Wildman–Crippen LogP) is 1.59. The van der Waals surface area contributed by atoms with E-state index in [0.29, 0.717) is 24.9 Å². The maximum absolute atomic E-state index is 12.6. The summed E-state index contributed by atoms with van der Waals surface area (Å²) in [6.45, 7) is 6.29. The van der Waals surface area contributed by atoms with E-state index in [0.717, 1.165) is 25.1 Å². The van der Waals surface area contributed by atoms with E-state index in [4.69, 9.17) is 5.73 Å². The highest BCUT2D eigenvalue weighted by Crippen LogP contribution is 2.35. The molecule has 0 aliphatic carbocycles. The zero-order valence-corrected chi connectivity index (χ0v) is 14.6. The molecule has 3 atom stereocenters. The molecule has 1 aromatic rings. The van der Waals surface area contributed by atoms with Gasteiger partial charge in [-0.05, 0) is 30.7 Å². The number of hydrogen-bond donors (Lipinski definition) is 1. The van der Waals surface area contributed by atoms with Crippen molar-refractivity contribution in [2.45, 2.75) is 45.2 Å². The molecule has 1 aromatic heterocycles. The van der Waals surface area contributed by atoms with Crippen LogP contribution in [0.2, 0.25) is 0 Å². The van der Waals surface area contributed by atoms with Gasteiger partial charge in [-0.15, -0.1) is 12.4 Å². The van der Waals surface area contributed by atoms with Crippen LogP contribution in [-0.2, 0) is 11.3 Å². The van der Waals surface area contributed by atoms with E-state index in [1.165, 1.54) is 0 Å². The zero-order valence-electron chi connectivity index (χ0n) is 13.8. The van der Waals surface area contributed by atoms with E-state index < -0.39 is 6.04 Å². The number of pyridine rings is 1. The predicted molar refractivity (Wildman–Crippen MR) is 92.8 cm³/mol. The molecule has 0 aromatic carbocycles. The van der Waals surface area contributed by atoms with Gasteiger partial charge >= 0.3 is 0 Å². The van der Waals surface area contributed by atoms with Crippen molar-refractivity contribution in [3.63, 3.8) is 0 Å². The van der Waals surface area contributed by atoms with Gasteiger partial charge in [0.1, 0.15) is 0 Å². The maximum atomic E-state index is 12.6. The number of carbonyl (C=O) groups excluding carboxylic acids is 1. The summed E-state index contributed by atoms with van der Waals surface area (Å²) < 4.78 is 1.88. The minimum Gasteiger partial charge on any atom is -0.340 e. The monoisotopic (exact) mass is 339 g/mol. The van der Waals surface area contributed by atoms with Gasteiger partial charge in [-0.3, -0.25) is 9.59 Å². The quantitative estimate of drug-likeness (QED) is 0.909. The third kappa shape index (κ3) is 3.61. The van der Waals surface area contributed by atoms with E-state index in [-0.39, 0.29) is 29.8 Å². The van der Waals surface area contributed by atoms with Gasteiger partial charge in [0.15, 0.2) is 0 Å². The Morgan fingerprint density at radius 3 is 2.74 bits per heavy atom. The van der Waals surface area contributed by atoms with Crippen LogP contribution in [0.15, 0.2) is 23.0 Å². The highest BCUT2D eigenvalue weighted by molar-refractivity contribution is 5.85. The van der Waals surface area contributed by atoms with Crippen molar-refractivity contribution in [3.05, 3.63) is 34.2 Å². The van der Waals surface area contributed by atoms with E-state index in [2.05, 4.69) is 13.8 Å². The van der Waals surface area contributed by atoms with Gasteiger partial charge in [0, 0.05) is 37.3 Å². The number of piperidine rings is 1. The van der Waals surface area contributed by atoms with Gasteiger partial charge in [0.25, 0.3) is 5.56 Å². The van der Waals surface area contributed by atoms with Crippen LogP contribution in [0.4, 0.5) is 0 Å². The molecule has 5 nitrogen and oxygen atoms in total. The lowest BCUT2D eigenvalue weighted by molar-refractivity contribution is -0.135. The standard InChI is InChI=1S/C17H25N3O2.ClH/c1-11(2)6-14(18)17(22)19-8-12-7-13(10-19)15-4-3-5-16(21)20(15)9-12;/h3-5,11-14H,6-10,18H2,1-2H3;1H/t12-,13+,14-;/m0./s1. The Labute approximate surface area is 143 Å². The Kier molecular flexibility index (Phi) is 5.53. The summed E-state index contributed by atoms with van der Waals surface area (Å²) >= 11 is 0. The smallest absolute Gasteiger partial charge is 0.250 e. The maximum Gasteiger partial charge on any atom is 0.250 e. The first-order chi connectivity index (χ1) is 10.5. The topological polar surface area (TPSA) is 68.3 Å². The highest BCUT2D eigenvalue weighted by Gasteiger charge is 2.37. The molecular weight excluding hydrogens is 314 g/mol. The van der Waals surface area contributed by atoms with E-state index in [1.807, 2.05) is 21.6 Å². The van der Waals surface area contributed by atoms with Gasteiger partial charge in [-0.2, -0.15) is 0 Å². The third-order valence-electron chi connectivity index (χ3n) is 4.83. The van der Waals surface area contributed by atoms with Crippen molar-refractivity contribution in [1.29, 1.82) is 0 Å². The Morgan fingerprint density at radius 2 is 2.04 bits per heavy atom. The average molecular weight is 340 g/mol. The first kappa shape index (κ1) is 18.0. The lowest BCUT2D eigenvalue weighted by atomic mass is 9.83. The summed E-state index contributed by atoms with van der Waals surface area (Å²) in [5.41, 5.74) is 7.21. The van der Waals surface area contributed by atoms with Crippen LogP contribution in [0.5, 0.6) is 0 Å². The Morgan fingerprint density at radius 1 is 1.30 bits per heavy atom. The van der Waals surface area contributed by atoms with Crippen LogP contribution < -0.4 is 11.3 Å². The van der Waals surface area contributed by atoms with E-state index in [1.54, 1.807) is 6.07 Å². The molecule has 0 radical (unpaired) electrons. The number of aromatic nitrogens is 1. The molecule has 0 spiro atoms. The fraction of sp³-hybridized carbons (Fsp3) is 0.647. The molecule has 2 bridgehead atoms. The van der Waals surface area contributed by atoms with Crippen molar-refractivity contribution < 1.29 is 4.79 Å². The van der Waals surface area contributed by atoms with Gasteiger partial charge in [-0.25, -0.2) is 0 Å². The fourth-order valence-electron chi connectivity index (χ4n) is 3.92. The number of fused-ring (bicyclic) bond motifs is 4. The normalized spacial score (nSPS) is 23.9. The number of amides is 1. The number of nitrogens with zero attached hydrogens (tertiary/aromatic N) is 2. The third-order valence-corrected chi connectivity index (χ3v) is 4.83. The SMILES string of the molecule is CC(C)C[C@H](N)C(=O)N1C[C@@H]2C[C@H](C1)c1cccc(=O)n1C2.Cl. The molecule has 0 unspecified atom stereocenters. The number of halogens is 1. The summed E-state index contributed by atoms with van der Waals surface area (Å²) in [4.78, 5) is 26.5. The van der Waals surface area contributed by atoms with Gasteiger partial charge in [0.05, 0.1) is 6.04 Å². The summed E-state index contributed by atoms with van der Waals surface area (Å²) in [5.74, 6) is 1.11. The molecule has 3 heterocycles. The van der Waals surface area contributed by atoms with Crippen LogP contribution in [0.1, 0.15) is 38.3 Å². The van der Waals surface area contributed by atoms with Gasteiger partial charge < -0.3 is 15.2 Å². The molecule has 1 amide bonds. The Balaban J connectivity index is 0.00000192. The number of nitrogens with two attached hydrogens (primary N) is 1. The number of rotatable bonds is 3. The van der Waals surface area contributed by atoms with Crippen molar-refractivity contribution >= 4 is 18.3 Å². The lowest BCUT2D eigenvalue weighted by Crippen LogP contribution is -2.53. The van der Waals surface area contributed by atoms with Crippen LogP contribution in [0.3, 0.4) is 0 Å². The molecule has 1 fully saturated rings. The molecule has 3 rings (SSSR count). The molecular formula is C17H26ClN3O2. The number of likely N-dealkylation sites (tertiary alicyclic amines) is 1. The zero-order chi connectivity index (χ0) is 15.9. The molecule has 23 heavy (non-hydrogen) atoms. The second-order valence-corrected chi connectivity index (χ2v) is 7.18. The average Bonchev–Trinajstić information content (AvgIpc) is 2.46. The summed E-state index contributed by atoms with van der Waals surface area (Å²) in [5, 5.41) is 0. The molecule has 0 saturated carbocycles. The Hall–Kier alpha value is -1.33. The minimum atomic E-state index is -0.406. The van der Waals surface area contributed by atoms with Crippen LogP contribution in [0.25, 0.3) is 0 Å². The first-order valence-corrected chi connectivity index (χ1v) is 8.19. The highest BCUT2D eigenvalue weighted by atomic mass is 35.5. The fourth-order valence-corrected chi connectivity index (χ4v) is 3.92. The van der Waals surface area contributed by atoms with Crippen molar-refractivity contribution in [1.82, 2.24) is 9.47 Å². The second-order valence-electron chi connectivity index (χ2n) is 7.18.